The molecule has 0 aromatic carbocycles. The number of hydrogen-bond acceptors (Lipinski definition) is 7. The first kappa shape index (κ1) is 14.1. The lowest BCUT2D eigenvalue weighted by Gasteiger charge is -2.07. The summed E-state index contributed by atoms with van der Waals surface area (Å²) in [7, 11) is 0. The van der Waals surface area contributed by atoms with E-state index in [1.807, 2.05) is 13.8 Å². The quantitative estimate of drug-likeness (QED) is 0.317. The normalized spacial score (nSPS) is 12.1. The van der Waals surface area contributed by atoms with Crippen molar-refractivity contribution in [1.29, 1.82) is 0 Å². The van der Waals surface area contributed by atoms with E-state index in [0.717, 1.165) is 0 Å². The van der Waals surface area contributed by atoms with Crippen molar-refractivity contribution in [3.63, 3.8) is 0 Å². The van der Waals surface area contributed by atoms with Gasteiger partial charge < -0.3 is 10.9 Å². The number of nitrogens with two attached hydrogens (primary N) is 1. The third kappa shape index (κ3) is 2.79. The molecule has 0 saturated carbocycles. The molecule has 2 aromatic rings. The standard InChI is InChI=1S/C10H13N7O2S/c1-5(2)17-9(18)14-15-10(17)20-7-4-12-6(3-13-7)8(11)16-19/h3-5,19H,1-2H3,(H2,11,16)(H,14,18). The van der Waals surface area contributed by atoms with E-state index in [0.29, 0.717) is 10.2 Å². The number of nitrogens with one attached hydrogen (secondary N) is 1. The van der Waals surface area contributed by atoms with E-state index < -0.39 is 0 Å². The Morgan fingerprint density at radius 1 is 1.50 bits per heavy atom. The highest BCUT2D eigenvalue weighted by atomic mass is 32.2. The van der Waals surface area contributed by atoms with Crippen LogP contribution >= 0.6 is 11.8 Å². The van der Waals surface area contributed by atoms with Crippen molar-refractivity contribution in [1.82, 2.24) is 24.7 Å². The molecule has 2 rings (SSSR count). The molecule has 2 aromatic heterocycles. The molecule has 0 amide bonds. The van der Waals surface area contributed by atoms with Gasteiger partial charge in [0, 0.05) is 6.04 Å². The zero-order chi connectivity index (χ0) is 14.7. The topological polar surface area (TPSA) is 135 Å². The van der Waals surface area contributed by atoms with E-state index >= 15 is 0 Å². The van der Waals surface area contributed by atoms with Crippen molar-refractivity contribution < 1.29 is 5.21 Å². The number of hydrogen-bond donors (Lipinski definition) is 3. The highest BCUT2D eigenvalue weighted by Gasteiger charge is 2.13. The summed E-state index contributed by atoms with van der Waals surface area (Å²) in [6, 6.07) is -0.0202. The van der Waals surface area contributed by atoms with Gasteiger partial charge in [0.25, 0.3) is 0 Å². The van der Waals surface area contributed by atoms with Crippen LogP contribution in [0.4, 0.5) is 0 Å². The van der Waals surface area contributed by atoms with Crippen LogP contribution in [0.2, 0.25) is 0 Å². The van der Waals surface area contributed by atoms with Crippen LogP contribution in [0.1, 0.15) is 25.6 Å². The van der Waals surface area contributed by atoms with E-state index in [1.165, 1.54) is 28.7 Å². The van der Waals surface area contributed by atoms with Crippen LogP contribution in [0.3, 0.4) is 0 Å². The Kier molecular flexibility index (Phi) is 4.03. The van der Waals surface area contributed by atoms with Crippen LogP contribution in [0.15, 0.2) is 32.5 Å². The molecule has 0 radical (unpaired) electrons. The number of aromatic nitrogens is 5. The first-order chi connectivity index (χ1) is 9.52. The lowest BCUT2D eigenvalue weighted by Crippen LogP contribution is -2.19. The fourth-order valence-corrected chi connectivity index (χ4v) is 2.34. The van der Waals surface area contributed by atoms with Crippen molar-refractivity contribution in [2.24, 2.45) is 10.9 Å². The lowest BCUT2D eigenvalue weighted by atomic mass is 10.4. The van der Waals surface area contributed by atoms with Crippen LogP contribution in [0.25, 0.3) is 0 Å². The number of oxime groups is 1. The molecule has 10 heteroatoms. The van der Waals surface area contributed by atoms with Crippen LogP contribution < -0.4 is 11.4 Å². The monoisotopic (exact) mass is 295 g/mol. The van der Waals surface area contributed by atoms with E-state index in [9.17, 15) is 4.79 Å². The zero-order valence-corrected chi connectivity index (χ0v) is 11.6. The van der Waals surface area contributed by atoms with Crippen LogP contribution in [-0.4, -0.2) is 35.8 Å². The number of H-pyrrole nitrogens is 1. The molecule has 0 bridgehead atoms. The first-order valence-electron chi connectivity index (χ1n) is 5.67. The second-order valence-corrected chi connectivity index (χ2v) is 5.09. The van der Waals surface area contributed by atoms with Gasteiger partial charge in [0.1, 0.15) is 10.7 Å². The smallest absolute Gasteiger partial charge is 0.344 e. The number of rotatable bonds is 4. The fraction of sp³-hybridized carbons (Fsp3) is 0.300. The molecule has 0 fully saturated rings. The lowest BCUT2D eigenvalue weighted by molar-refractivity contribution is 0.318. The van der Waals surface area contributed by atoms with E-state index in [2.05, 4.69) is 25.3 Å². The minimum absolute atomic E-state index is 0.0202. The average Bonchev–Trinajstić information content (AvgIpc) is 2.79. The predicted octanol–water partition coefficient (Wildman–Crippen LogP) is 0.188. The van der Waals surface area contributed by atoms with E-state index in [-0.39, 0.29) is 23.3 Å². The van der Waals surface area contributed by atoms with E-state index in [4.69, 9.17) is 10.9 Å². The highest BCUT2D eigenvalue weighted by molar-refractivity contribution is 7.99. The minimum atomic E-state index is -0.274. The van der Waals surface area contributed by atoms with Crippen LogP contribution in [-0.2, 0) is 0 Å². The van der Waals surface area contributed by atoms with Crippen molar-refractivity contribution in [2.75, 3.05) is 0 Å². The summed E-state index contributed by atoms with van der Waals surface area (Å²) >= 11 is 1.20. The summed E-state index contributed by atoms with van der Waals surface area (Å²) in [5.74, 6) is -0.118. The molecular weight excluding hydrogens is 282 g/mol. The van der Waals surface area contributed by atoms with Gasteiger partial charge in [0.2, 0.25) is 0 Å². The molecule has 106 valence electrons. The highest BCUT2D eigenvalue weighted by Crippen LogP contribution is 2.23. The zero-order valence-electron chi connectivity index (χ0n) is 10.8. The Morgan fingerprint density at radius 3 is 2.80 bits per heavy atom. The van der Waals surface area contributed by atoms with Gasteiger partial charge in [-0.2, -0.15) is 0 Å². The molecule has 0 atom stereocenters. The second-order valence-electron chi connectivity index (χ2n) is 4.10. The van der Waals surface area contributed by atoms with Crippen molar-refractivity contribution in [2.45, 2.75) is 30.1 Å². The molecular formula is C10H13N7O2S. The summed E-state index contributed by atoms with van der Waals surface area (Å²) in [5, 5.41) is 18.7. The van der Waals surface area contributed by atoms with Crippen molar-refractivity contribution >= 4 is 17.6 Å². The molecule has 0 spiro atoms. The summed E-state index contributed by atoms with van der Waals surface area (Å²) in [5.41, 5.74) is 5.38. The summed E-state index contributed by atoms with van der Waals surface area (Å²) in [6.45, 7) is 3.77. The van der Waals surface area contributed by atoms with Crippen molar-refractivity contribution in [3.05, 3.63) is 28.6 Å². The van der Waals surface area contributed by atoms with Gasteiger partial charge in [-0.1, -0.05) is 5.16 Å². The maximum Gasteiger partial charge on any atom is 0.344 e. The number of aromatic amines is 1. The van der Waals surface area contributed by atoms with Gasteiger partial charge in [0.15, 0.2) is 11.0 Å². The van der Waals surface area contributed by atoms with Crippen LogP contribution in [0.5, 0.6) is 0 Å². The van der Waals surface area contributed by atoms with Gasteiger partial charge in [-0.15, -0.1) is 5.10 Å². The fourth-order valence-electron chi connectivity index (χ4n) is 1.46. The molecule has 4 N–H and O–H groups in total. The molecule has 0 aliphatic rings. The van der Waals surface area contributed by atoms with Gasteiger partial charge in [-0.05, 0) is 25.6 Å². The molecule has 0 saturated heterocycles. The van der Waals surface area contributed by atoms with Crippen LogP contribution in [0, 0.1) is 0 Å². The predicted molar refractivity (Wildman–Crippen MR) is 71.9 cm³/mol. The maximum atomic E-state index is 11.6. The Hall–Kier alpha value is -2.36. The third-order valence-corrected chi connectivity index (χ3v) is 3.27. The SMILES string of the molecule is CC(C)n1c(Sc2cnc(C(N)=NO)cn2)n[nH]c1=O. The van der Waals surface area contributed by atoms with Gasteiger partial charge in [-0.25, -0.2) is 19.9 Å². The van der Waals surface area contributed by atoms with Gasteiger partial charge in [0.05, 0.1) is 12.4 Å². The Labute approximate surface area is 117 Å². The summed E-state index contributed by atoms with van der Waals surface area (Å²) in [4.78, 5) is 19.7. The average molecular weight is 295 g/mol. The maximum absolute atomic E-state index is 11.6. The largest absolute Gasteiger partial charge is 0.409 e. The Morgan fingerprint density at radius 2 is 2.25 bits per heavy atom. The molecule has 0 aliphatic carbocycles. The van der Waals surface area contributed by atoms with Gasteiger partial charge in [-0.3, -0.25) is 4.57 Å². The third-order valence-electron chi connectivity index (χ3n) is 2.38. The number of nitrogens with zero attached hydrogens (tertiary/aromatic N) is 5. The summed E-state index contributed by atoms with van der Waals surface area (Å²) < 4.78 is 1.52. The second kappa shape index (κ2) is 5.74. The molecule has 2 heterocycles. The molecule has 20 heavy (non-hydrogen) atoms. The number of amidine groups is 1. The van der Waals surface area contributed by atoms with Gasteiger partial charge >= 0.3 is 5.69 Å². The first-order valence-corrected chi connectivity index (χ1v) is 6.49. The minimum Gasteiger partial charge on any atom is -0.409 e. The molecule has 0 unspecified atom stereocenters. The molecule has 9 nitrogen and oxygen atoms in total. The van der Waals surface area contributed by atoms with Crippen molar-refractivity contribution in [3.8, 4) is 0 Å². The summed E-state index contributed by atoms with van der Waals surface area (Å²) in [6.07, 6.45) is 2.84. The van der Waals surface area contributed by atoms with E-state index in [1.54, 1.807) is 0 Å². The Balaban J connectivity index is 2.25. The Bertz CT molecular complexity index is 674. The molecule has 0 aliphatic heterocycles.